The van der Waals surface area contributed by atoms with Crippen LogP contribution in [-0.2, 0) is 14.3 Å². The van der Waals surface area contributed by atoms with Crippen molar-refractivity contribution in [2.75, 3.05) is 13.2 Å². The predicted octanol–water partition coefficient (Wildman–Crippen LogP) is -0.0430. The first-order valence-corrected chi connectivity index (χ1v) is 3.62. The van der Waals surface area contributed by atoms with Crippen LogP contribution in [0.1, 0.15) is 0 Å². The summed E-state index contributed by atoms with van der Waals surface area (Å²) in [6, 6.07) is 0. The Hall–Kier alpha value is -0.960. The van der Waals surface area contributed by atoms with Gasteiger partial charge in [-0.2, -0.15) is 0 Å². The summed E-state index contributed by atoms with van der Waals surface area (Å²) in [5, 5.41) is 0. The lowest BCUT2D eigenvalue weighted by atomic mass is 9.84. The Labute approximate surface area is 64.0 Å². The minimum absolute atomic E-state index is 0.0344. The molecule has 1 heterocycles. The quantitative estimate of drug-likeness (QED) is 0.489. The van der Waals surface area contributed by atoms with Crippen LogP contribution in [0.15, 0.2) is 12.2 Å². The summed E-state index contributed by atoms with van der Waals surface area (Å²) in [4.78, 5) is 22.2. The Morgan fingerprint density at radius 3 is 2.00 bits per heavy atom. The fourth-order valence-corrected chi connectivity index (χ4v) is 1.53. The third-order valence-corrected chi connectivity index (χ3v) is 2.22. The Balaban J connectivity index is 2.32. The van der Waals surface area contributed by atoms with Crippen molar-refractivity contribution in [1.82, 2.24) is 0 Å². The fourth-order valence-electron chi connectivity index (χ4n) is 1.53. The molecule has 0 aromatic heterocycles. The summed E-state index contributed by atoms with van der Waals surface area (Å²) in [6.07, 6.45) is 2.72. The molecule has 0 aromatic carbocycles. The maximum absolute atomic E-state index is 11.1. The first-order valence-electron chi connectivity index (χ1n) is 3.62. The summed E-state index contributed by atoms with van der Waals surface area (Å²) >= 11 is 0. The van der Waals surface area contributed by atoms with E-state index >= 15 is 0 Å². The molecule has 2 atom stereocenters. The minimum Gasteiger partial charge on any atom is -0.380 e. The largest absolute Gasteiger partial charge is 0.380 e. The lowest BCUT2D eigenvalue weighted by Crippen LogP contribution is -2.30. The fraction of sp³-hybridized carbons (Fsp3) is 0.500. The van der Waals surface area contributed by atoms with E-state index in [0.29, 0.717) is 13.2 Å². The van der Waals surface area contributed by atoms with Gasteiger partial charge in [-0.05, 0) is 12.2 Å². The van der Waals surface area contributed by atoms with Crippen LogP contribution in [0.2, 0.25) is 0 Å². The van der Waals surface area contributed by atoms with Crippen molar-refractivity contribution in [3.63, 3.8) is 0 Å². The van der Waals surface area contributed by atoms with E-state index in [1.54, 1.807) is 0 Å². The molecule has 2 aliphatic rings. The number of carbonyl (C=O) groups is 2. The molecular formula is C8H8O3. The molecule has 0 spiro atoms. The Morgan fingerprint density at radius 1 is 1.09 bits per heavy atom. The number of fused-ring (bicyclic) bond motifs is 1. The van der Waals surface area contributed by atoms with Crippen LogP contribution in [0, 0.1) is 11.8 Å². The highest BCUT2D eigenvalue weighted by Crippen LogP contribution is 2.26. The van der Waals surface area contributed by atoms with Gasteiger partial charge in [-0.1, -0.05) is 0 Å². The van der Waals surface area contributed by atoms with Gasteiger partial charge in [-0.3, -0.25) is 9.59 Å². The number of ketones is 2. The zero-order valence-electron chi connectivity index (χ0n) is 5.95. The lowest BCUT2D eigenvalue weighted by molar-refractivity contribution is -0.127. The molecule has 1 saturated heterocycles. The van der Waals surface area contributed by atoms with Gasteiger partial charge >= 0.3 is 0 Å². The van der Waals surface area contributed by atoms with E-state index in [0.717, 1.165) is 0 Å². The van der Waals surface area contributed by atoms with E-state index in [2.05, 4.69) is 0 Å². The first-order chi connectivity index (χ1) is 5.29. The summed E-state index contributed by atoms with van der Waals surface area (Å²) < 4.78 is 5.05. The van der Waals surface area contributed by atoms with Gasteiger partial charge in [-0.15, -0.1) is 0 Å². The summed E-state index contributed by atoms with van der Waals surface area (Å²) in [5.41, 5.74) is 0. The van der Waals surface area contributed by atoms with Gasteiger partial charge in [0, 0.05) is 0 Å². The third kappa shape index (κ3) is 0.922. The molecule has 11 heavy (non-hydrogen) atoms. The first kappa shape index (κ1) is 6.73. The van der Waals surface area contributed by atoms with Crippen LogP contribution in [0.3, 0.4) is 0 Å². The van der Waals surface area contributed by atoms with Crippen molar-refractivity contribution >= 4 is 11.6 Å². The second-order valence-electron chi connectivity index (χ2n) is 2.89. The van der Waals surface area contributed by atoms with E-state index in [1.807, 2.05) is 0 Å². The van der Waals surface area contributed by atoms with E-state index in [1.165, 1.54) is 12.2 Å². The zero-order chi connectivity index (χ0) is 7.84. The van der Waals surface area contributed by atoms with Gasteiger partial charge in [0.25, 0.3) is 0 Å². The van der Waals surface area contributed by atoms with Crippen LogP contribution in [0.5, 0.6) is 0 Å². The molecule has 1 aliphatic carbocycles. The Morgan fingerprint density at radius 2 is 1.55 bits per heavy atom. The van der Waals surface area contributed by atoms with Crippen molar-refractivity contribution in [3.8, 4) is 0 Å². The minimum atomic E-state index is -0.188. The van der Waals surface area contributed by atoms with E-state index in [9.17, 15) is 9.59 Å². The Kier molecular flexibility index (Phi) is 1.39. The monoisotopic (exact) mass is 152 g/mol. The molecule has 0 saturated carbocycles. The second-order valence-corrected chi connectivity index (χ2v) is 2.89. The summed E-state index contributed by atoms with van der Waals surface area (Å²) in [7, 11) is 0. The molecule has 1 aliphatic heterocycles. The number of allylic oxidation sites excluding steroid dienone is 2. The van der Waals surface area contributed by atoms with Gasteiger partial charge in [0.05, 0.1) is 25.0 Å². The van der Waals surface area contributed by atoms with Crippen LogP contribution < -0.4 is 0 Å². The average molecular weight is 152 g/mol. The highest BCUT2D eigenvalue weighted by atomic mass is 16.5. The SMILES string of the molecule is O=C1C=CC(=O)C2COCC12. The highest BCUT2D eigenvalue weighted by Gasteiger charge is 2.38. The summed E-state index contributed by atoms with van der Waals surface area (Å²) in [6.45, 7) is 0.832. The van der Waals surface area contributed by atoms with Crippen LogP contribution in [0.25, 0.3) is 0 Å². The zero-order valence-corrected chi connectivity index (χ0v) is 5.95. The number of hydrogen-bond donors (Lipinski definition) is 0. The topological polar surface area (TPSA) is 43.4 Å². The van der Waals surface area contributed by atoms with Crippen LogP contribution in [0.4, 0.5) is 0 Å². The second kappa shape index (κ2) is 2.27. The number of hydrogen-bond acceptors (Lipinski definition) is 3. The normalized spacial score (nSPS) is 36.0. The van der Waals surface area contributed by atoms with Gasteiger partial charge in [-0.25, -0.2) is 0 Å². The van der Waals surface area contributed by atoms with Gasteiger partial charge in [0.2, 0.25) is 0 Å². The van der Waals surface area contributed by atoms with E-state index in [4.69, 9.17) is 4.74 Å². The average Bonchev–Trinajstić information content (AvgIpc) is 2.45. The van der Waals surface area contributed by atoms with E-state index in [-0.39, 0.29) is 23.4 Å². The predicted molar refractivity (Wildman–Crippen MR) is 37.0 cm³/mol. The van der Waals surface area contributed by atoms with Gasteiger partial charge < -0.3 is 4.74 Å². The molecule has 0 radical (unpaired) electrons. The molecule has 0 aromatic rings. The van der Waals surface area contributed by atoms with Crippen LogP contribution in [-0.4, -0.2) is 24.8 Å². The maximum atomic E-state index is 11.1. The number of ether oxygens (including phenoxy) is 1. The van der Waals surface area contributed by atoms with Gasteiger partial charge in [0.1, 0.15) is 0 Å². The molecule has 0 amide bonds. The van der Waals surface area contributed by atoms with E-state index < -0.39 is 0 Å². The molecule has 2 unspecified atom stereocenters. The maximum Gasteiger partial charge on any atom is 0.162 e. The molecule has 2 rings (SSSR count). The van der Waals surface area contributed by atoms with Crippen LogP contribution >= 0.6 is 0 Å². The molecule has 3 nitrogen and oxygen atoms in total. The van der Waals surface area contributed by atoms with Crippen molar-refractivity contribution in [2.24, 2.45) is 11.8 Å². The van der Waals surface area contributed by atoms with Crippen molar-refractivity contribution in [2.45, 2.75) is 0 Å². The highest BCUT2D eigenvalue weighted by molar-refractivity contribution is 6.07. The third-order valence-electron chi connectivity index (χ3n) is 2.22. The smallest absolute Gasteiger partial charge is 0.162 e. The molecular weight excluding hydrogens is 144 g/mol. The standard InChI is InChI=1S/C8H8O3/c9-7-1-2-8(10)6-4-11-3-5(6)7/h1-2,5-6H,3-4H2. The molecule has 0 bridgehead atoms. The molecule has 1 fully saturated rings. The number of rotatable bonds is 0. The molecule has 3 heteroatoms. The van der Waals surface area contributed by atoms with Crippen molar-refractivity contribution in [1.29, 1.82) is 0 Å². The lowest BCUT2D eigenvalue weighted by Gasteiger charge is -2.14. The van der Waals surface area contributed by atoms with Crippen molar-refractivity contribution in [3.05, 3.63) is 12.2 Å². The molecule has 58 valence electrons. The summed E-state index contributed by atoms with van der Waals surface area (Å²) in [5.74, 6) is -0.306. The Bertz CT molecular complexity index is 218. The number of carbonyl (C=O) groups excluding carboxylic acids is 2. The van der Waals surface area contributed by atoms with Crippen molar-refractivity contribution < 1.29 is 14.3 Å². The molecule has 0 N–H and O–H groups in total. The van der Waals surface area contributed by atoms with Gasteiger partial charge in [0.15, 0.2) is 11.6 Å².